The Hall–Kier alpha value is -0.480. The van der Waals surface area contributed by atoms with E-state index in [-0.39, 0.29) is 6.61 Å². The summed E-state index contributed by atoms with van der Waals surface area (Å²) >= 11 is 2.02. The maximum absolute atomic E-state index is 9.05. The van der Waals surface area contributed by atoms with Gasteiger partial charge >= 0.3 is 0 Å². The van der Waals surface area contributed by atoms with Crippen LogP contribution in [0.1, 0.15) is 35.8 Å². The summed E-state index contributed by atoms with van der Waals surface area (Å²) in [5, 5.41) is 13.7. The van der Waals surface area contributed by atoms with Crippen LogP contribution in [0.15, 0.2) is 0 Å². The van der Waals surface area contributed by atoms with Crippen molar-refractivity contribution in [2.24, 2.45) is 0 Å². The zero-order valence-electron chi connectivity index (χ0n) is 10.1. The molecule has 1 atom stereocenters. The van der Waals surface area contributed by atoms with Crippen LogP contribution in [0.4, 0.5) is 0 Å². The highest BCUT2D eigenvalue weighted by atomic mass is 32.2. The molecule has 1 saturated heterocycles. The lowest BCUT2D eigenvalue weighted by Crippen LogP contribution is -2.18. The van der Waals surface area contributed by atoms with E-state index < -0.39 is 0 Å². The van der Waals surface area contributed by atoms with E-state index in [1.165, 1.54) is 35.6 Å². The first kappa shape index (κ1) is 12.0. The van der Waals surface area contributed by atoms with Crippen LogP contribution < -0.4 is 0 Å². The lowest BCUT2D eigenvalue weighted by atomic mass is 10.1. The molecule has 0 spiro atoms. The Labute approximate surface area is 101 Å². The van der Waals surface area contributed by atoms with E-state index in [1.54, 1.807) is 0 Å². The summed E-state index contributed by atoms with van der Waals surface area (Å²) in [5.74, 6) is 2.47. The molecule has 4 heteroatoms. The Morgan fingerprint density at radius 3 is 2.94 bits per heavy atom. The number of aliphatic hydroxyl groups is 1. The van der Waals surface area contributed by atoms with Gasteiger partial charge in [-0.05, 0) is 44.4 Å². The lowest BCUT2D eigenvalue weighted by molar-refractivity contribution is 0.299. The third-order valence-electron chi connectivity index (χ3n) is 3.32. The molecule has 2 heterocycles. The van der Waals surface area contributed by atoms with Crippen molar-refractivity contribution in [2.45, 2.75) is 39.2 Å². The highest BCUT2D eigenvalue weighted by Gasteiger charge is 2.20. The summed E-state index contributed by atoms with van der Waals surface area (Å²) < 4.78 is 2.19. The smallest absolute Gasteiger partial charge is 0.0629 e. The summed E-state index contributed by atoms with van der Waals surface area (Å²) in [7, 11) is 0. The van der Waals surface area contributed by atoms with E-state index in [4.69, 9.17) is 5.11 Å². The van der Waals surface area contributed by atoms with Gasteiger partial charge in [0.25, 0.3) is 0 Å². The van der Waals surface area contributed by atoms with Crippen molar-refractivity contribution in [1.82, 2.24) is 9.78 Å². The number of aromatic nitrogens is 2. The molecule has 1 unspecified atom stereocenters. The van der Waals surface area contributed by atoms with Crippen LogP contribution in [0.3, 0.4) is 0 Å². The average Bonchev–Trinajstić information content (AvgIpc) is 2.59. The summed E-state index contributed by atoms with van der Waals surface area (Å²) in [4.78, 5) is 0. The van der Waals surface area contributed by atoms with Crippen molar-refractivity contribution in [3.8, 4) is 0 Å². The van der Waals surface area contributed by atoms with Crippen molar-refractivity contribution >= 4 is 11.8 Å². The summed E-state index contributed by atoms with van der Waals surface area (Å²) in [6.45, 7) is 4.39. The molecule has 90 valence electrons. The number of aliphatic hydroxyl groups excluding tert-OH is 1. The molecular weight excluding hydrogens is 220 g/mol. The maximum atomic E-state index is 9.05. The largest absolute Gasteiger partial charge is 0.396 e. The molecule has 0 amide bonds. The van der Waals surface area contributed by atoms with E-state index in [1.807, 2.05) is 18.7 Å². The van der Waals surface area contributed by atoms with Gasteiger partial charge in [0, 0.05) is 18.1 Å². The van der Waals surface area contributed by atoms with Gasteiger partial charge in [0.15, 0.2) is 0 Å². The monoisotopic (exact) mass is 240 g/mol. The van der Waals surface area contributed by atoms with E-state index >= 15 is 0 Å². The highest BCUT2D eigenvalue weighted by molar-refractivity contribution is 7.99. The third-order valence-corrected chi connectivity index (χ3v) is 4.52. The molecule has 16 heavy (non-hydrogen) atoms. The second-order valence-corrected chi connectivity index (χ2v) is 5.59. The quantitative estimate of drug-likeness (QED) is 0.879. The lowest BCUT2D eigenvalue weighted by Gasteiger charge is -2.23. The van der Waals surface area contributed by atoms with E-state index in [2.05, 4.69) is 16.7 Å². The van der Waals surface area contributed by atoms with Crippen LogP contribution in [0.2, 0.25) is 0 Å². The van der Waals surface area contributed by atoms with Crippen molar-refractivity contribution in [2.75, 3.05) is 18.1 Å². The normalized spacial score (nSPS) is 21.3. The van der Waals surface area contributed by atoms with Crippen LogP contribution in [-0.2, 0) is 6.42 Å². The number of nitrogens with zero attached hydrogens (tertiary/aromatic N) is 2. The molecule has 1 aromatic heterocycles. The first-order valence-electron chi connectivity index (χ1n) is 5.97. The highest BCUT2D eigenvalue weighted by Crippen LogP contribution is 2.29. The van der Waals surface area contributed by atoms with Gasteiger partial charge in [-0.25, -0.2) is 0 Å². The minimum Gasteiger partial charge on any atom is -0.396 e. The SMILES string of the molecule is Cc1nn(C2CCCSC2)c(C)c1CCO. The molecule has 1 aromatic rings. The summed E-state index contributed by atoms with van der Waals surface area (Å²) in [5.41, 5.74) is 3.57. The van der Waals surface area contributed by atoms with Crippen molar-refractivity contribution < 1.29 is 5.11 Å². The minimum atomic E-state index is 0.215. The van der Waals surface area contributed by atoms with E-state index in [0.29, 0.717) is 6.04 Å². The van der Waals surface area contributed by atoms with Gasteiger partial charge in [-0.2, -0.15) is 16.9 Å². The first-order chi connectivity index (χ1) is 7.74. The molecule has 0 radical (unpaired) electrons. The summed E-state index contributed by atoms with van der Waals surface area (Å²) in [6, 6.07) is 0.560. The fourth-order valence-electron chi connectivity index (χ4n) is 2.44. The molecule has 0 saturated carbocycles. The number of thioether (sulfide) groups is 1. The molecule has 1 fully saturated rings. The zero-order chi connectivity index (χ0) is 11.5. The maximum Gasteiger partial charge on any atom is 0.0629 e. The molecule has 2 rings (SSSR count). The predicted molar refractivity (Wildman–Crippen MR) is 68.1 cm³/mol. The molecule has 1 N–H and O–H groups in total. The van der Waals surface area contributed by atoms with Crippen molar-refractivity contribution in [1.29, 1.82) is 0 Å². The molecular formula is C12H20N2OS. The molecule has 0 aromatic carbocycles. The Balaban J connectivity index is 2.23. The number of hydrogen-bond donors (Lipinski definition) is 1. The number of hydrogen-bond acceptors (Lipinski definition) is 3. The Morgan fingerprint density at radius 2 is 2.31 bits per heavy atom. The number of aryl methyl sites for hydroxylation is 1. The van der Waals surface area contributed by atoms with Gasteiger partial charge in [-0.1, -0.05) is 0 Å². The van der Waals surface area contributed by atoms with Gasteiger partial charge in [-0.3, -0.25) is 4.68 Å². The number of rotatable bonds is 3. The third kappa shape index (κ3) is 2.28. The van der Waals surface area contributed by atoms with Crippen LogP contribution >= 0.6 is 11.8 Å². The average molecular weight is 240 g/mol. The first-order valence-corrected chi connectivity index (χ1v) is 7.12. The second kappa shape index (κ2) is 5.23. The summed E-state index contributed by atoms with van der Waals surface area (Å²) in [6.07, 6.45) is 3.27. The second-order valence-electron chi connectivity index (χ2n) is 4.44. The Bertz CT molecular complexity index is 356. The zero-order valence-corrected chi connectivity index (χ0v) is 10.9. The van der Waals surface area contributed by atoms with Gasteiger partial charge in [0.05, 0.1) is 11.7 Å². The standard InChI is InChI=1S/C12H20N2OS/c1-9-12(5-6-15)10(2)14(13-9)11-4-3-7-16-8-11/h11,15H,3-8H2,1-2H3. The Morgan fingerprint density at radius 1 is 1.50 bits per heavy atom. The van der Waals surface area contributed by atoms with Crippen LogP contribution in [0.25, 0.3) is 0 Å². The molecule has 1 aliphatic heterocycles. The Kier molecular flexibility index (Phi) is 3.92. The van der Waals surface area contributed by atoms with Crippen molar-refractivity contribution in [3.05, 3.63) is 17.0 Å². The van der Waals surface area contributed by atoms with Gasteiger partial charge in [-0.15, -0.1) is 0 Å². The molecule has 1 aliphatic rings. The van der Waals surface area contributed by atoms with Gasteiger partial charge in [0.2, 0.25) is 0 Å². The molecule has 3 nitrogen and oxygen atoms in total. The topological polar surface area (TPSA) is 38.0 Å². The van der Waals surface area contributed by atoms with Crippen LogP contribution in [-0.4, -0.2) is 33.0 Å². The van der Waals surface area contributed by atoms with Crippen LogP contribution in [0, 0.1) is 13.8 Å². The van der Waals surface area contributed by atoms with Crippen molar-refractivity contribution in [3.63, 3.8) is 0 Å². The fraction of sp³-hybridized carbons (Fsp3) is 0.750. The molecule has 0 aliphatic carbocycles. The van der Waals surface area contributed by atoms with E-state index in [9.17, 15) is 0 Å². The van der Waals surface area contributed by atoms with Gasteiger partial charge < -0.3 is 5.11 Å². The van der Waals surface area contributed by atoms with Crippen LogP contribution in [0.5, 0.6) is 0 Å². The molecule has 0 bridgehead atoms. The van der Waals surface area contributed by atoms with E-state index in [0.717, 1.165) is 12.1 Å². The predicted octanol–water partition coefficient (Wildman–Crippen LogP) is 2.10. The fourth-order valence-corrected chi connectivity index (χ4v) is 3.56. The van der Waals surface area contributed by atoms with Gasteiger partial charge in [0.1, 0.15) is 0 Å². The minimum absolute atomic E-state index is 0.215.